The zero-order valence-electron chi connectivity index (χ0n) is 7.79. The summed E-state index contributed by atoms with van der Waals surface area (Å²) in [6, 6.07) is 7.76. The normalized spacial score (nSPS) is 9.62. The quantitative estimate of drug-likeness (QED) is 0.494. The maximum Gasteiger partial charge on any atom is 0.242 e. The Labute approximate surface area is 78.0 Å². The minimum atomic E-state index is 0.434. The predicted molar refractivity (Wildman–Crippen MR) is 52.4 cm³/mol. The van der Waals surface area contributed by atoms with Crippen molar-refractivity contribution in [1.29, 1.82) is 0 Å². The topological polar surface area (TPSA) is 60.8 Å². The van der Waals surface area contributed by atoms with Crippen LogP contribution in [-0.4, -0.2) is 12.4 Å². The summed E-state index contributed by atoms with van der Waals surface area (Å²) in [5, 5.41) is 5.38. The SMILES string of the molecule is CCOc1ccc(CC(N)=[NH2+])cc1. The summed E-state index contributed by atoms with van der Waals surface area (Å²) in [7, 11) is 0. The van der Waals surface area contributed by atoms with Crippen molar-refractivity contribution in [2.24, 2.45) is 5.73 Å². The Balaban J connectivity index is 2.64. The Bertz CT molecular complexity index is 279. The van der Waals surface area contributed by atoms with Crippen molar-refractivity contribution >= 4 is 5.84 Å². The van der Waals surface area contributed by atoms with Crippen LogP contribution in [0.5, 0.6) is 5.75 Å². The maximum absolute atomic E-state index is 5.38. The third-order valence-corrected chi connectivity index (χ3v) is 1.64. The molecule has 0 aliphatic carbocycles. The van der Waals surface area contributed by atoms with Crippen molar-refractivity contribution in [3.05, 3.63) is 29.8 Å². The molecule has 0 radical (unpaired) electrons. The number of hydrogen-bond acceptors (Lipinski definition) is 1. The minimum Gasteiger partial charge on any atom is -0.494 e. The molecule has 0 heterocycles. The summed E-state index contributed by atoms with van der Waals surface area (Å²) in [6.07, 6.45) is 0.617. The molecular formula is C10H15N2O+. The summed E-state index contributed by atoms with van der Waals surface area (Å²) in [4.78, 5) is 0. The van der Waals surface area contributed by atoms with E-state index >= 15 is 0 Å². The standard InChI is InChI=1S/C10H14N2O/c1-2-13-9-5-3-8(4-6-9)7-10(11)12/h3-6H,2,7H2,1H3,(H3,11,12)/p+1. The van der Waals surface area contributed by atoms with E-state index in [0.717, 1.165) is 11.3 Å². The van der Waals surface area contributed by atoms with Crippen molar-refractivity contribution in [3.63, 3.8) is 0 Å². The molecule has 3 heteroatoms. The van der Waals surface area contributed by atoms with Gasteiger partial charge in [-0.15, -0.1) is 0 Å². The van der Waals surface area contributed by atoms with Gasteiger partial charge in [0, 0.05) is 0 Å². The molecule has 3 nitrogen and oxygen atoms in total. The molecule has 0 amide bonds. The van der Waals surface area contributed by atoms with Gasteiger partial charge in [-0.2, -0.15) is 0 Å². The molecule has 13 heavy (non-hydrogen) atoms. The van der Waals surface area contributed by atoms with Gasteiger partial charge in [-0.3, -0.25) is 11.1 Å². The van der Waals surface area contributed by atoms with E-state index in [1.54, 1.807) is 0 Å². The molecule has 70 valence electrons. The highest BCUT2D eigenvalue weighted by Crippen LogP contribution is 2.11. The lowest BCUT2D eigenvalue weighted by atomic mass is 10.1. The van der Waals surface area contributed by atoms with Gasteiger partial charge in [0.15, 0.2) is 0 Å². The summed E-state index contributed by atoms with van der Waals surface area (Å²) in [6.45, 7) is 2.64. The molecule has 1 rings (SSSR count). The highest BCUT2D eigenvalue weighted by molar-refractivity contribution is 5.76. The molecule has 0 saturated carbocycles. The van der Waals surface area contributed by atoms with Crippen molar-refractivity contribution in [1.82, 2.24) is 0 Å². The maximum atomic E-state index is 5.38. The average molecular weight is 179 g/mol. The Hall–Kier alpha value is -1.51. The largest absolute Gasteiger partial charge is 0.494 e. The molecular weight excluding hydrogens is 164 g/mol. The second-order valence-electron chi connectivity index (χ2n) is 2.83. The van der Waals surface area contributed by atoms with Gasteiger partial charge in [-0.25, -0.2) is 0 Å². The fourth-order valence-corrected chi connectivity index (χ4v) is 1.11. The van der Waals surface area contributed by atoms with Gasteiger partial charge < -0.3 is 4.74 Å². The van der Waals surface area contributed by atoms with Crippen LogP contribution in [0.15, 0.2) is 24.3 Å². The molecule has 0 unspecified atom stereocenters. The average Bonchev–Trinajstić information content (AvgIpc) is 2.08. The lowest BCUT2D eigenvalue weighted by Gasteiger charge is -2.02. The van der Waals surface area contributed by atoms with Gasteiger partial charge in [-0.1, -0.05) is 12.1 Å². The van der Waals surface area contributed by atoms with Gasteiger partial charge in [0.2, 0.25) is 5.84 Å². The van der Waals surface area contributed by atoms with Crippen LogP contribution in [0.2, 0.25) is 0 Å². The fourth-order valence-electron chi connectivity index (χ4n) is 1.11. The molecule has 1 aromatic rings. The Morgan fingerprint density at radius 3 is 2.46 bits per heavy atom. The van der Waals surface area contributed by atoms with Crippen LogP contribution in [0.1, 0.15) is 12.5 Å². The first-order valence-corrected chi connectivity index (χ1v) is 4.31. The Morgan fingerprint density at radius 1 is 1.38 bits per heavy atom. The number of rotatable bonds is 4. The van der Waals surface area contributed by atoms with Crippen LogP contribution in [0.4, 0.5) is 0 Å². The third kappa shape index (κ3) is 3.15. The van der Waals surface area contributed by atoms with E-state index in [9.17, 15) is 0 Å². The smallest absolute Gasteiger partial charge is 0.242 e. The van der Waals surface area contributed by atoms with E-state index < -0.39 is 0 Å². The lowest BCUT2D eigenvalue weighted by molar-refractivity contribution is -0.117. The minimum absolute atomic E-state index is 0.434. The Morgan fingerprint density at radius 2 is 2.00 bits per heavy atom. The summed E-state index contributed by atoms with van der Waals surface area (Å²) >= 11 is 0. The molecule has 0 fully saturated rings. The summed E-state index contributed by atoms with van der Waals surface area (Å²) in [5.74, 6) is 1.31. The van der Waals surface area contributed by atoms with Gasteiger partial charge in [0.1, 0.15) is 5.75 Å². The monoisotopic (exact) mass is 179 g/mol. The summed E-state index contributed by atoms with van der Waals surface area (Å²) in [5.41, 5.74) is 6.48. The first-order valence-electron chi connectivity index (χ1n) is 4.31. The number of nitrogens with two attached hydrogens (primary N) is 2. The van der Waals surface area contributed by atoms with Crippen LogP contribution >= 0.6 is 0 Å². The van der Waals surface area contributed by atoms with Crippen LogP contribution in [-0.2, 0) is 6.42 Å². The van der Waals surface area contributed by atoms with Gasteiger partial charge in [-0.05, 0) is 24.6 Å². The number of hydrogen-bond donors (Lipinski definition) is 2. The van der Waals surface area contributed by atoms with Gasteiger partial charge in [0.05, 0.1) is 13.0 Å². The van der Waals surface area contributed by atoms with E-state index in [-0.39, 0.29) is 0 Å². The van der Waals surface area contributed by atoms with Crippen LogP contribution in [0.25, 0.3) is 0 Å². The lowest BCUT2D eigenvalue weighted by Crippen LogP contribution is -2.46. The zero-order valence-corrected chi connectivity index (χ0v) is 7.79. The molecule has 0 atom stereocenters. The van der Waals surface area contributed by atoms with Crippen molar-refractivity contribution < 1.29 is 10.1 Å². The zero-order chi connectivity index (χ0) is 9.68. The van der Waals surface area contributed by atoms with E-state index in [1.807, 2.05) is 31.2 Å². The molecule has 0 aliphatic heterocycles. The van der Waals surface area contributed by atoms with Crippen LogP contribution in [0.3, 0.4) is 0 Å². The van der Waals surface area contributed by atoms with Crippen molar-refractivity contribution in [3.8, 4) is 5.75 Å². The molecule has 0 aromatic heterocycles. The van der Waals surface area contributed by atoms with Crippen molar-refractivity contribution in [2.75, 3.05) is 6.61 Å². The molecule has 0 spiro atoms. The number of benzene rings is 1. The van der Waals surface area contributed by atoms with E-state index in [1.165, 1.54) is 0 Å². The Kier molecular flexibility index (Phi) is 3.31. The van der Waals surface area contributed by atoms with E-state index in [4.69, 9.17) is 15.9 Å². The molecule has 0 aliphatic rings. The summed E-state index contributed by atoms with van der Waals surface area (Å²) < 4.78 is 5.30. The molecule has 1 aromatic carbocycles. The molecule has 0 saturated heterocycles. The van der Waals surface area contributed by atoms with E-state index in [2.05, 4.69) is 0 Å². The second-order valence-corrected chi connectivity index (χ2v) is 2.83. The number of ether oxygens (including phenoxy) is 1. The van der Waals surface area contributed by atoms with E-state index in [0.29, 0.717) is 18.9 Å². The second kappa shape index (κ2) is 4.50. The fraction of sp³-hybridized carbons (Fsp3) is 0.300. The number of amidine groups is 1. The molecule has 0 bridgehead atoms. The highest BCUT2D eigenvalue weighted by Gasteiger charge is 1.99. The van der Waals surface area contributed by atoms with Gasteiger partial charge in [0.25, 0.3) is 0 Å². The van der Waals surface area contributed by atoms with Crippen LogP contribution < -0.4 is 15.9 Å². The van der Waals surface area contributed by atoms with Crippen molar-refractivity contribution in [2.45, 2.75) is 13.3 Å². The predicted octanol–water partition coefficient (Wildman–Crippen LogP) is -0.256. The third-order valence-electron chi connectivity index (χ3n) is 1.64. The van der Waals surface area contributed by atoms with Crippen LogP contribution in [0, 0.1) is 0 Å². The van der Waals surface area contributed by atoms with Gasteiger partial charge >= 0.3 is 0 Å². The first-order chi connectivity index (χ1) is 6.22. The first kappa shape index (κ1) is 9.58. The molecule has 4 N–H and O–H groups in total. The highest BCUT2D eigenvalue weighted by atomic mass is 16.5.